The van der Waals surface area contributed by atoms with Crippen LogP contribution >= 0.6 is 11.6 Å². The molecule has 1 heterocycles. The van der Waals surface area contributed by atoms with Crippen molar-refractivity contribution in [2.24, 2.45) is 0 Å². The Kier molecular flexibility index (Phi) is 7.17. The van der Waals surface area contributed by atoms with Gasteiger partial charge in [-0.15, -0.1) is 0 Å². The summed E-state index contributed by atoms with van der Waals surface area (Å²) in [5.41, 5.74) is 0.289. The van der Waals surface area contributed by atoms with E-state index in [2.05, 4.69) is 20.6 Å². The molecule has 3 rings (SSSR count). The van der Waals surface area contributed by atoms with E-state index in [1.54, 1.807) is 12.1 Å². The van der Waals surface area contributed by atoms with E-state index in [0.717, 1.165) is 5.56 Å². The first-order valence-corrected chi connectivity index (χ1v) is 10.0. The fourth-order valence-electron chi connectivity index (χ4n) is 3.43. The predicted molar refractivity (Wildman–Crippen MR) is 112 cm³/mol. The van der Waals surface area contributed by atoms with Crippen LogP contribution in [0.25, 0.3) is 0 Å². The fraction of sp³-hybridized carbons (Fsp3) is 0.450. The molecule has 162 valence electrons. The van der Waals surface area contributed by atoms with E-state index in [-0.39, 0.29) is 36.0 Å². The van der Waals surface area contributed by atoms with E-state index < -0.39 is 11.6 Å². The third kappa shape index (κ3) is 5.22. The van der Waals surface area contributed by atoms with Crippen LogP contribution in [0.1, 0.15) is 41.6 Å². The zero-order valence-corrected chi connectivity index (χ0v) is 17.6. The number of hydrogen-bond acceptors (Lipinski definition) is 7. The lowest BCUT2D eigenvalue weighted by atomic mass is 9.93. The standard InChI is InChI=1S/C20H25ClN4O5/c1-29-15-8-3-11(9-14(15)21)10-22-17-16(19(30-2)25-20(28)24-17)18(27)23-12-4-6-13(26)7-5-12/h3,8-9,12-13,26H,4-7,10H2,1-2H3,(H,23,27)(H2,22,24,25,28). The summed E-state index contributed by atoms with van der Waals surface area (Å²) < 4.78 is 10.4. The first kappa shape index (κ1) is 21.9. The van der Waals surface area contributed by atoms with Gasteiger partial charge in [0.05, 0.1) is 25.3 Å². The topological polar surface area (TPSA) is 126 Å². The highest BCUT2D eigenvalue weighted by Gasteiger charge is 2.26. The molecule has 30 heavy (non-hydrogen) atoms. The second kappa shape index (κ2) is 9.82. The first-order chi connectivity index (χ1) is 14.4. The molecular formula is C20H25ClN4O5. The third-order valence-corrected chi connectivity index (χ3v) is 5.33. The van der Waals surface area contributed by atoms with Crippen LogP contribution in [0.4, 0.5) is 5.82 Å². The lowest BCUT2D eigenvalue weighted by Gasteiger charge is -2.26. The number of carbonyl (C=O) groups excluding carboxylic acids is 1. The summed E-state index contributed by atoms with van der Waals surface area (Å²) in [6.07, 6.45) is 2.30. The quantitative estimate of drug-likeness (QED) is 0.523. The lowest BCUT2D eigenvalue weighted by molar-refractivity contribution is 0.0864. The second-order valence-corrected chi connectivity index (χ2v) is 7.51. The molecule has 0 spiro atoms. The molecule has 1 aromatic heterocycles. The zero-order chi connectivity index (χ0) is 21.7. The maximum Gasteiger partial charge on any atom is 0.349 e. The molecule has 1 aliphatic rings. The van der Waals surface area contributed by atoms with Crippen LogP contribution in [0, 0.1) is 0 Å². The van der Waals surface area contributed by atoms with Crippen LogP contribution in [0.15, 0.2) is 23.0 Å². The Bertz CT molecular complexity index is 957. The number of hydrogen-bond donors (Lipinski definition) is 4. The number of aliphatic hydroxyl groups excluding tert-OH is 1. The number of aliphatic hydroxyl groups is 1. The molecule has 4 N–H and O–H groups in total. The molecule has 1 aliphatic carbocycles. The average Bonchev–Trinajstić information content (AvgIpc) is 2.73. The molecule has 0 aliphatic heterocycles. The summed E-state index contributed by atoms with van der Waals surface area (Å²) in [6.45, 7) is 0.277. The van der Waals surface area contributed by atoms with Gasteiger partial charge in [-0.25, -0.2) is 4.79 Å². The summed E-state index contributed by atoms with van der Waals surface area (Å²) in [4.78, 5) is 31.3. The van der Waals surface area contributed by atoms with Gasteiger partial charge in [-0.2, -0.15) is 4.98 Å². The molecule has 1 saturated carbocycles. The average molecular weight is 437 g/mol. The lowest BCUT2D eigenvalue weighted by Crippen LogP contribution is -2.39. The Morgan fingerprint density at radius 3 is 2.63 bits per heavy atom. The summed E-state index contributed by atoms with van der Waals surface area (Å²) in [7, 11) is 2.90. The van der Waals surface area contributed by atoms with Crippen LogP contribution < -0.4 is 25.8 Å². The van der Waals surface area contributed by atoms with Crippen LogP contribution in [-0.4, -0.2) is 47.3 Å². The number of amides is 1. The van der Waals surface area contributed by atoms with Crippen molar-refractivity contribution in [1.82, 2.24) is 15.3 Å². The Balaban J connectivity index is 1.81. The van der Waals surface area contributed by atoms with Crippen LogP contribution in [0.3, 0.4) is 0 Å². The monoisotopic (exact) mass is 436 g/mol. The minimum absolute atomic E-state index is 0.0265. The Morgan fingerprint density at radius 1 is 1.27 bits per heavy atom. The molecule has 1 fully saturated rings. The van der Waals surface area contributed by atoms with Gasteiger partial charge >= 0.3 is 5.69 Å². The fourth-order valence-corrected chi connectivity index (χ4v) is 3.71. The number of anilines is 1. The van der Waals surface area contributed by atoms with Gasteiger partial charge in [-0.05, 0) is 43.4 Å². The van der Waals surface area contributed by atoms with Crippen molar-refractivity contribution < 1.29 is 19.4 Å². The Hall–Kier alpha value is -2.78. The highest BCUT2D eigenvalue weighted by atomic mass is 35.5. The molecule has 1 aromatic carbocycles. The number of ether oxygens (including phenoxy) is 2. The molecule has 0 atom stereocenters. The number of nitrogens with one attached hydrogen (secondary N) is 3. The Labute approximate surface area is 178 Å². The van der Waals surface area contributed by atoms with Crippen molar-refractivity contribution in [1.29, 1.82) is 0 Å². The van der Waals surface area contributed by atoms with Crippen molar-refractivity contribution in [3.63, 3.8) is 0 Å². The molecule has 2 aromatic rings. The third-order valence-electron chi connectivity index (χ3n) is 5.04. The number of carbonyl (C=O) groups is 1. The molecule has 1 amide bonds. The van der Waals surface area contributed by atoms with E-state index in [0.29, 0.717) is 36.5 Å². The molecule has 0 radical (unpaired) electrons. The second-order valence-electron chi connectivity index (χ2n) is 7.10. The number of nitrogens with zero attached hydrogens (tertiary/aromatic N) is 1. The number of H-pyrrole nitrogens is 1. The van der Waals surface area contributed by atoms with E-state index in [9.17, 15) is 14.7 Å². The number of rotatable bonds is 7. The summed E-state index contributed by atoms with van der Waals surface area (Å²) in [5.74, 6) is 0.274. The number of benzene rings is 1. The normalized spacial score (nSPS) is 18.5. The maximum absolute atomic E-state index is 13.0. The Morgan fingerprint density at radius 2 is 2.00 bits per heavy atom. The number of aromatic nitrogens is 2. The largest absolute Gasteiger partial charge is 0.495 e. The highest BCUT2D eigenvalue weighted by Crippen LogP contribution is 2.27. The molecular weight excluding hydrogens is 412 g/mol. The number of methoxy groups -OCH3 is 2. The van der Waals surface area contributed by atoms with E-state index in [1.807, 2.05) is 6.07 Å². The summed E-state index contributed by atoms with van der Waals surface area (Å²) in [6, 6.07) is 5.21. The van der Waals surface area contributed by atoms with Crippen molar-refractivity contribution in [3.8, 4) is 11.6 Å². The van der Waals surface area contributed by atoms with Gasteiger partial charge in [-0.1, -0.05) is 17.7 Å². The molecule has 9 nitrogen and oxygen atoms in total. The SMILES string of the molecule is COc1ccc(CNc2nc(=O)[nH]c(OC)c2C(=O)NC2CCC(O)CC2)cc1Cl. The van der Waals surface area contributed by atoms with E-state index >= 15 is 0 Å². The molecule has 10 heteroatoms. The van der Waals surface area contributed by atoms with Gasteiger partial charge in [0.2, 0.25) is 5.88 Å². The van der Waals surface area contributed by atoms with E-state index in [4.69, 9.17) is 21.1 Å². The van der Waals surface area contributed by atoms with Crippen LogP contribution in [-0.2, 0) is 6.54 Å². The molecule has 0 bridgehead atoms. The highest BCUT2D eigenvalue weighted by molar-refractivity contribution is 6.32. The smallest absolute Gasteiger partial charge is 0.349 e. The maximum atomic E-state index is 13.0. The van der Waals surface area contributed by atoms with Crippen molar-refractivity contribution >= 4 is 23.3 Å². The minimum Gasteiger partial charge on any atom is -0.495 e. The predicted octanol–water partition coefficient (Wildman–Crippen LogP) is 2.09. The van der Waals surface area contributed by atoms with Gasteiger partial charge in [0.1, 0.15) is 17.1 Å². The van der Waals surface area contributed by atoms with Gasteiger partial charge in [0.25, 0.3) is 5.91 Å². The minimum atomic E-state index is -0.639. The summed E-state index contributed by atoms with van der Waals surface area (Å²) >= 11 is 6.16. The number of halogens is 1. The zero-order valence-electron chi connectivity index (χ0n) is 16.8. The van der Waals surface area contributed by atoms with Crippen molar-refractivity contribution in [2.45, 2.75) is 44.4 Å². The van der Waals surface area contributed by atoms with Crippen LogP contribution in [0.2, 0.25) is 5.02 Å². The summed E-state index contributed by atoms with van der Waals surface area (Å²) in [5, 5.41) is 16.1. The van der Waals surface area contributed by atoms with Gasteiger partial charge in [0.15, 0.2) is 0 Å². The van der Waals surface area contributed by atoms with Crippen molar-refractivity contribution in [2.75, 3.05) is 19.5 Å². The van der Waals surface area contributed by atoms with E-state index in [1.165, 1.54) is 14.2 Å². The van der Waals surface area contributed by atoms with Gasteiger partial charge in [0, 0.05) is 12.6 Å². The first-order valence-electron chi connectivity index (χ1n) is 9.64. The van der Waals surface area contributed by atoms with Gasteiger partial charge in [-0.3, -0.25) is 9.78 Å². The molecule has 0 saturated heterocycles. The molecule has 0 unspecified atom stereocenters. The van der Waals surface area contributed by atoms with Crippen molar-refractivity contribution in [3.05, 3.63) is 44.8 Å². The number of aromatic amines is 1. The van der Waals surface area contributed by atoms with Crippen LogP contribution in [0.5, 0.6) is 11.6 Å². The van der Waals surface area contributed by atoms with Gasteiger partial charge < -0.3 is 25.2 Å².